The molecule has 1 atom stereocenters. The van der Waals surface area contributed by atoms with Crippen LogP contribution in [0.2, 0.25) is 0 Å². The first-order chi connectivity index (χ1) is 12.2. The second-order valence-electron chi connectivity index (χ2n) is 6.77. The second-order valence-corrected chi connectivity index (χ2v) is 6.77. The van der Waals surface area contributed by atoms with Gasteiger partial charge in [-0.2, -0.15) is 5.10 Å². The number of nitrogens with one attached hydrogen (secondary N) is 1. The van der Waals surface area contributed by atoms with E-state index >= 15 is 0 Å². The van der Waals surface area contributed by atoms with Crippen molar-refractivity contribution in [1.82, 2.24) is 19.7 Å². The molecule has 0 bridgehead atoms. The standard InChI is InChI=1S/C19H22N4O2/c24-18(25)13-23-10-7-17(21-23)15-5-2-9-22(11-15)12-16-4-1-3-14-6-8-20-19(14)16/h1,3-4,6-8,10,15,20H,2,5,9,11-13H2,(H,24,25). The smallest absolute Gasteiger partial charge is 0.325 e. The van der Waals surface area contributed by atoms with E-state index in [9.17, 15) is 4.79 Å². The fourth-order valence-electron chi connectivity index (χ4n) is 3.78. The van der Waals surface area contributed by atoms with E-state index in [4.69, 9.17) is 5.11 Å². The Balaban J connectivity index is 1.46. The van der Waals surface area contributed by atoms with E-state index in [1.165, 1.54) is 21.1 Å². The average molecular weight is 338 g/mol. The number of piperidine rings is 1. The number of nitrogens with zero attached hydrogens (tertiary/aromatic N) is 3. The summed E-state index contributed by atoms with van der Waals surface area (Å²) in [6.45, 7) is 2.89. The van der Waals surface area contributed by atoms with Crippen molar-refractivity contribution in [3.05, 3.63) is 54.0 Å². The van der Waals surface area contributed by atoms with Gasteiger partial charge in [-0.3, -0.25) is 14.4 Å². The van der Waals surface area contributed by atoms with Crippen LogP contribution in [0.15, 0.2) is 42.7 Å². The normalized spacial score (nSPS) is 18.6. The van der Waals surface area contributed by atoms with E-state index in [2.05, 4.69) is 39.2 Å². The molecule has 1 fully saturated rings. The molecule has 25 heavy (non-hydrogen) atoms. The Labute approximate surface area is 146 Å². The first kappa shape index (κ1) is 15.9. The summed E-state index contributed by atoms with van der Waals surface area (Å²) in [7, 11) is 0. The Hall–Kier alpha value is -2.60. The Kier molecular flexibility index (Phi) is 4.28. The zero-order chi connectivity index (χ0) is 17.2. The van der Waals surface area contributed by atoms with E-state index < -0.39 is 5.97 Å². The monoisotopic (exact) mass is 338 g/mol. The van der Waals surface area contributed by atoms with Crippen molar-refractivity contribution >= 4 is 16.9 Å². The number of hydrogen-bond acceptors (Lipinski definition) is 3. The Bertz CT molecular complexity index is 882. The first-order valence-electron chi connectivity index (χ1n) is 8.71. The number of carboxylic acids is 1. The lowest BCUT2D eigenvalue weighted by Gasteiger charge is -2.32. The van der Waals surface area contributed by atoms with E-state index in [-0.39, 0.29) is 6.54 Å². The number of aromatic nitrogens is 3. The van der Waals surface area contributed by atoms with Crippen LogP contribution in [0.1, 0.15) is 30.0 Å². The number of carbonyl (C=O) groups is 1. The van der Waals surface area contributed by atoms with Gasteiger partial charge in [0.2, 0.25) is 0 Å². The molecule has 1 unspecified atom stereocenters. The Morgan fingerprint density at radius 1 is 1.32 bits per heavy atom. The zero-order valence-corrected chi connectivity index (χ0v) is 14.1. The van der Waals surface area contributed by atoms with Gasteiger partial charge in [0.25, 0.3) is 0 Å². The number of benzene rings is 1. The summed E-state index contributed by atoms with van der Waals surface area (Å²) >= 11 is 0. The molecule has 3 aromatic rings. The van der Waals surface area contributed by atoms with E-state index in [0.29, 0.717) is 5.92 Å². The van der Waals surface area contributed by atoms with E-state index in [1.54, 1.807) is 6.20 Å². The third-order valence-corrected chi connectivity index (χ3v) is 4.95. The maximum atomic E-state index is 10.8. The van der Waals surface area contributed by atoms with Crippen LogP contribution in [0, 0.1) is 0 Å². The van der Waals surface area contributed by atoms with Crippen molar-refractivity contribution < 1.29 is 9.90 Å². The minimum absolute atomic E-state index is 0.0781. The summed E-state index contributed by atoms with van der Waals surface area (Å²) in [5, 5.41) is 14.6. The van der Waals surface area contributed by atoms with Crippen LogP contribution >= 0.6 is 0 Å². The fourth-order valence-corrected chi connectivity index (χ4v) is 3.78. The van der Waals surface area contributed by atoms with Gasteiger partial charge in [-0.15, -0.1) is 0 Å². The van der Waals surface area contributed by atoms with Crippen LogP contribution in [0.4, 0.5) is 0 Å². The van der Waals surface area contributed by atoms with E-state index in [1.807, 2.05) is 12.3 Å². The van der Waals surface area contributed by atoms with Gasteiger partial charge in [0, 0.05) is 36.9 Å². The number of rotatable bonds is 5. The molecular formula is C19H22N4O2. The third kappa shape index (κ3) is 3.44. The van der Waals surface area contributed by atoms with Crippen molar-refractivity contribution in [2.45, 2.75) is 31.8 Å². The number of aromatic amines is 1. The summed E-state index contributed by atoms with van der Waals surface area (Å²) in [5.74, 6) is -0.495. The molecule has 6 heteroatoms. The summed E-state index contributed by atoms with van der Waals surface area (Å²) < 4.78 is 1.51. The van der Waals surface area contributed by atoms with Gasteiger partial charge in [0.05, 0.1) is 5.69 Å². The molecule has 0 radical (unpaired) electrons. The number of carboxylic acid groups (broad SMARTS) is 1. The number of fused-ring (bicyclic) bond motifs is 1. The number of para-hydroxylation sites is 1. The Morgan fingerprint density at radius 2 is 2.24 bits per heavy atom. The van der Waals surface area contributed by atoms with Gasteiger partial charge in [0.15, 0.2) is 0 Å². The number of likely N-dealkylation sites (tertiary alicyclic amines) is 1. The lowest BCUT2D eigenvalue weighted by Crippen LogP contribution is -2.34. The van der Waals surface area contributed by atoms with Gasteiger partial charge < -0.3 is 10.1 Å². The highest BCUT2D eigenvalue weighted by molar-refractivity contribution is 5.82. The number of aliphatic carboxylic acids is 1. The largest absolute Gasteiger partial charge is 0.480 e. The highest BCUT2D eigenvalue weighted by Gasteiger charge is 2.23. The first-order valence-corrected chi connectivity index (χ1v) is 8.71. The molecule has 3 heterocycles. The molecule has 1 saturated heterocycles. The van der Waals surface area contributed by atoms with Crippen LogP contribution < -0.4 is 0 Å². The fraction of sp³-hybridized carbons (Fsp3) is 0.368. The van der Waals surface area contributed by atoms with Crippen molar-refractivity contribution in [3.63, 3.8) is 0 Å². The predicted molar refractivity (Wildman–Crippen MR) is 95.4 cm³/mol. The summed E-state index contributed by atoms with van der Waals surface area (Å²) in [5.41, 5.74) is 3.54. The van der Waals surface area contributed by atoms with Gasteiger partial charge in [-0.25, -0.2) is 0 Å². The van der Waals surface area contributed by atoms with Crippen molar-refractivity contribution in [2.24, 2.45) is 0 Å². The van der Waals surface area contributed by atoms with Crippen molar-refractivity contribution in [3.8, 4) is 0 Å². The maximum Gasteiger partial charge on any atom is 0.325 e. The molecule has 1 aliphatic heterocycles. The molecule has 2 aromatic heterocycles. The maximum absolute atomic E-state index is 10.8. The zero-order valence-electron chi connectivity index (χ0n) is 14.1. The lowest BCUT2D eigenvalue weighted by atomic mass is 9.94. The topological polar surface area (TPSA) is 74.2 Å². The number of hydrogen-bond donors (Lipinski definition) is 2. The number of H-pyrrole nitrogens is 1. The molecule has 0 saturated carbocycles. The molecule has 6 nitrogen and oxygen atoms in total. The minimum atomic E-state index is -0.862. The average Bonchev–Trinajstić information content (AvgIpc) is 3.24. The lowest BCUT2D eigenvalue weighted by molar-refractivity contribution is -0.137. The summed E-state index contributed by atoms with van der Waals surface area (Å²) in [4.78, 5) is 16.6. The van der Waals surface area contributed by atoms with E-state index in [0.717, 1.165) is 38.2 Å². The molecule has 0 amide bonds. The van der Waals surface area contributed by atoms with Crippen LogP contribution in [0.5, 0.6) is 0 Å². The molecule has 130 valence electrons. The minimum Gasteiger partial charge on any atom is -0.480 e. The molecular weight excluding hydrogens is 316 g/mol. The molecule has 2 N–H and O–H groups in total. The molecule has 4 rings (SSSR count). The van der Waals surface area contributed by atoms with Gasteiger partial charge in [0.1, 0.15) is 6.54 Å². The van der Waals surface area contributed by atoms with Crippen LogP contribution in [-0.2, 0) is 17.9 Å². The quantitative estimate of drug-likeness (QED) is 0.750. The van der Waals surface area contributed by atoms with Gasteiger partial charge >= 0.3 is 5.97 Å². The van der Waals surface area contributed by atoms with Crippen LogP contribution in [0.3, 0.4) is 0 Å². The van der Waals surface area contributed by atoms with Crippen molar-refractivity contribution in [2.75, 3.05) is 13.1 Å². The third-order valence-electron chi connectivity index (χ3n) is 4.95. The second kappa shape index (κ2) is 6.72. The SMILES string of the molecule is O=C(O)Cn1ccc(C2CCCN(Cc3cccc4cc[nH]c34)C2)n1. The van der Waals surface area contributed by atoms with Gasteiger partial charge in [-0.05, 0) is 42.5 Å². The molecule has 0 spiro atoms. The highest BCUT2D eigenvalue weighted by Crippen LogP contribution is 2.27. The highest BCUT2D eigenvalue weighted by atomic mass is 16.4. The van der Waals surface area contributed by atoms with Crippen LogP contribution in [0.25, 0.3) is 10.9 Å². The Morgan fingerprint density at radius 3 is 3.12 bits per heavy atom. The van der Waals surface area contributed by atoms with Crippen LogP contribution in [-0.4, -0.2) is 43.8 Å². The predicted octanol–water partition coefficient (Wildman–Crippen LogP) is 2.83. The molecule has 0 aliphatic carbocycles. The van der Waals surface area contributed by atoms with Gasteiger partial charge in [-0.1, -0.05) is 18.2 Å². The summed E-state index contributed by atoms with van der Waals surface area (Å²) in [6, 6.07) is 10.5. The molecule has 1 aromatic carbocycles. The molecule has 1 aliphatic rings. The summed E-state index contributed by atoms with van der Waals surface area (Å²) in [6.07, 6.45) is 5.99. The van der Waals surface area contributed by atoms with Crippen molar-refractivity contribution in [1.29, 1.82) is 0 Å².